The molecule has 0 bridgehead atoms. The first-order valence-corrected chi connectivity index (χ1v) is 11.3. The van der Waals surface area contributed by atoms with Gasteiger partial charge in [0.2, 0.25) is 0 Å². The van der Waals surface area contributed by atoms with Crippen molar-refractivity contribution in [2.75, 3.05) is 13.2 Å². The molecule has 0 saturated carbocycles. The fourth-order valence-electron chi connectivity index (χ4n) is 2.66. The van der Waals surface area contributed by atoms with Crippen LogP contribution in [0.1, 0.15) is 36.5 Å². The number of rotatable bonds is 7. The third-order valence-corrected chi connectivity index (χ3v) is 5.63. The maximum absolute atomic E-state index is 12.2. The predicted molar refractivity (Wildman–Crippen MR) is 132 cm³/mol. The van der Waals surface area contributed by atoms with E-state index in [1.165, 1.54) is 0 Å². The predicted octanol–water partition coefficient (Wildman–Crippen LogP) is 4.32. The summed E-state index contributed by atoms with van der Waals surface area (Å²) in [6.45, 7) is 7.39. The van der Waals surface area contributed by atoms with Crippen molar-refractivity contribution in [2.24, 2.45) is 0 Å². The van der Waals surface area contributed by atoms with Crippen LogP contribution in [0.4, 0.5) is 0 Å². The lowest BCUT2D eigenvalue weighted by Gasteiger charge is -2.16. The molecule has 0 heterocycles. The van der Waals surface area contributed by atoms with Crippen LogP contribution in [-0.4, -0.2) is 30.1 Å². The van der Waals surface area contributed by atoms with Gasteiger partial charge in [0.1, 0.15) is 11.5 Å². The average Bonchev–Trinajstić information content (AvgIpc) is 2.72. The summed E-state index contributed by atoms with van der Waals surface area (Å²) in [5.74, 6) is 0.472. The molecule has 2 aromatic carbocycles. The lowest BCUT2D eigenvalue weighted by Crippen LogP contribution is -2.50. The number of aryl methyl sites for hydroxylation is 2. The zero-order valence-corrected chi connectivity index (χ0v) is 21.3. The highest BCUT2D eigenvalue weighted by Gasteiger charge is 2.13. The zero-order valence-electron chi connectivity index (χ0n) is 18.2. The molecule has 0 spiro atoms. The first-order chi connectivity index (χ1) is 15.1. The van der Waals surface area contributed by atoms with Crippen molar-refractivity contribution in [1.29, 1.82) is 0 Å². The maximum Gasteiger partial charge on any atom is 0.276 e. The molecule has 0 atom stereocenters. The molecule has 0 radical (unpaired) electrons. The summed E-state index contributed by atoms with van der Waals surface area (Å²) in [6, 6.07) is 8.96. The van der Waals surface area contributed by atoms with E-state index in [9.17, 15) is 9.59 Å². The van der Waals surface area contributed by atoms with Crippen molar-refractivity contribution in [3.8, 4) is 11.5 Å². The van der Waals surface area contributed by atoms with E-state index >= 15 is 0 Å². The smallest absolute Gasteiger partial charge is 0.276 e. The molecule has 7 nitrogen and oxygen atoms in total. The lowest BCUT2D eigenvalue weighted by atomic mass is 10.0. The van der Waals surface area contributed by atoms with Crippen molar-refractivity contribution in [1.82, 2.24) is 16.2 Å². The molecular formula is C22H25BrClN3O4S. The van der Waals surface area contributed by atoms with Gasteiger partial charge < -0.3 is 9.47 Å². The number of ether oxygens (including phenoxy) is 2. The summed E-state index contributed by atoms with van der Waals surface area (Å²) in [4.78, 5) is 24.1. The summed E-state index contributed by atoms with van der Waals surface area (Å²) >= 11 is 14.4. The zero-order chi connectivity index (χ0) is 23.8. The molecule has 0 aliphatic rings. The van der Waals surface area contributed by atoms with Crippen molar-refractivity contribution in [3.63, 3.8) is 0 Å². The fraction of sp³-hybridized carbons (Fsp3) is 0.318. The Kier molecular flexibility index (Phi) is 9.74. The van der Waals surface area contributed by atoms with E-state index in [-0.39, 0.29) is 24.2 Å². The second-order valence-electron chi connectivity index (χ2n) is 7.33. The van der Waals surface area contributed by atoms with E-state index in [2.05, 4.69) is 32.1 Å². The van der Waals surface area contributed by atoms with Crippen LogP contribution in [0.25, 0.3) is 0 Å². The number of thiocarbonyl (C=S) groups is 1. The van der Waals surface area contributed by atoms with Crippen LogP contribution in [0.15, 0.2) is 34.8 Å². The summed E-state index contributed by atoms with van der Waals surface area (Å²) < 4.78 is 12.1. The maximum atomic E-state index is 12.2. The standard InChI is InChI=1S/C22H25BrClN3O4S/c1-12(2)16-9-17(23)13(3)8-19(16)31-10-20(28)25-22(32)27-26-21(29)11-30-18-6-5-15(24)7-14(18)4/h5-9,12H,10-11H2,1-4H3,(H,26,29)(H2,25,27,28,32). The number of hydrogen-bond acceptors (Lipinski definition) is 5. The minimum absolute atomic E-state index is 0.0642. The largest absolute Gasteiger partial charge is 0.483 e. The molecular weight excluding hydrogens is 518 g/mol. The number of hydrogen-bond donors (Lipinski definition) is 3. The van der Waals surface area contributed by atoms with Gasteiger partial charge in [0, 0.05) is 9.50 Å². The molecule has 3 N–H and O–H groups in total. The Morgan fingerprint density at radius 3 is 2.31 bits per heavy atom. The Bertz CT molecular complexity index is 1020. The minimum Gasteiger partial charge on any atom is -0.483 e. The van der Waals surface area contributed by atoms with Crippen molar-refractivity contribution < 1.29 is 19.1 Å². The van der Waals surface area contributed by atoms with Gasteiger partial charge in [-0.1, -0.05) is 41.4 Å². The van der Waals surface area contributed by atoms with Gasteiger partial charge in [-0.2, -0.15) is 0 Å². The second-order valence-corrected chi connectivity index (χ2v) is 9.03. The van der Waals surface area contributed by atoms with Crippen molar-refractivity contribution >= 4 is 56.7 Å². The van der Waals surface area contributed by atoms with Gasteiger partial charge in [0.05, 0.1) is 0 Å². The topological polar surface area (TPSA) is 88.7 Å². The third-order valence-electron chi connectivity index (χ3n) is 4.34. The molecule has 0 fully saturated rings. The SMILES string of the molecule is Cc1cc(OCC(=O)NC(=S)NNC(=O)COc2ccc(Cl)cc2C)c(C(C)C)cc1Br. The van der Waals surface area contributed by atoms with Crippen molar-refractivity contribution in [2.45, 2.75) is 33.6 Å². The van der Waals surface area contributed by atoms with Gasteiger partial charge in [-0.15, -0.1) is 0 Å². The molecule has 0 aliphatic carbocycles. The number of carbonyl (C=O) groups is 2. The number of benzene rings is 2. The number of halogens is 2. The number of amides is 2. The number of hydrazine groups is 1. The lowest BCUT2D eigenvalue weighted by molar-refractivity contribution is -0.124. The quantitative estimate of drug-likeness (QED) is 0.357. The van der Waals surface area contributed by atoms with Crippen LogP contribution in [0.3, 0.4) is 0 Å². The monoisotopic (exact) mass is 541 g/mol. The Balaban J connectivity index is 1.77. The molecule has 32 heavy (non-hydrogen) atoms. The van der Waals surface area contributed by atoms with Gasteiger partial charge >= 0.3 is 0 Å². The summed E-state index contributed by atoms with van der Waals surface area (Å²) in [6.07, 6.45) is 0. The first-order valence-electron chi connectivity index (χ1n) is 9.77. The van der Waals surface area contributed by atoms with Crippen LogP contribution in [0.2, 0.25) is 5.02 Å². The van der Waals surface area contributed by atoms with Crippen LogP contribution >= 0.6 is 39.7 Å². The Morgan fingerprint density at radius 2 is 1.66 bits per heavy atom. The third kappa shape index (κ3) is 7.96. The van der Waals surface area contributed by atoms with E-state index in [0.717, 1.165) is 21.2 Å². The van der Waals surface area contributed by atoms with Crippen LogP contribution in [0.5, 0.6) is 11.5 Å². The molecule has 0 unspecified atom stereocenters. The van der Waals surface area contributed by atoms with E-state index in [1.54, 1.807) is 18.2 Å². The van der Waals surface area contributed by atoms with E-state index in [1.807, 2.05) is 39.8 Å². The number of nitrogens with one attached hydrogen (secondary N) is 3. The Hall–Kier alpha value is -2.36. The van der Waals surface area contributed by atoms with E-state index in [0.29, 0.717) is 16.5 Å². The average molecular weight is 543 g/mol. The van der Waals surface area contributed by atoms with E-state index < -0.39 is 11.8 Å². The molecule has 172 valence electrons. The summed E-state index contributed by atoms with van der Waals surface area (Å²) in [5, 5.41) is 2.97. The Morgan fingerprint density at radius 1 is 1.00 bits per heavy atom. The second kappa shape index (κ2) is 12.0. The number of carbonyl (C=O) groups excluding carboxylic acids is 2. The van der Waals surface area contributed by atoms with Crippen LogP contribution in [-0.2, 0) is 9.59 Å². The summed E-state index contributed by atoms with van der Waals surface area (Å²) in [5.41, 5.74) is 7.61. The van der Waals surface area contributed by atoms with Gasteiger partial charge in [-0.05, 0) is 79.0 Å². The van der Waals surface area contributed by atoms with Crippen molar-refractivity contribution in [3.05, 3.63) is 56.5 Å². The fourth-order valence-corrected chi connectivity index (χ4v) is 3.42. The summed E-state index contributed by atoms with van der Waals surface area (Å²) in [7, 11) is 0. The molecule has 0 saturated heterocycles. The molecule has 2 amide bonds. The van der Waals surface area contributed by atoms with Crippen LogP contribution in [0, 0.1) is 13.8 Å². The highest BCUT2D eigenvalue weighted by Crippen LogP contribution is 2.32. The first kappa shape index (κ1) is 25.9. The molecule has 0 aliphatic heterocycles. The highest BCUT2D eigenvalue weighted by molar-refractivity contribution is 9.10. The molecule has 2 rings (SSSR count). The van der Waals surface area contributed by atoms with Crippen LogP contribution < -0.4 is 25.6 Å². The minimum atomic E-state index is -0.473. The highest BCUT2D eigenvalue weighted by atomic mass is 79.9. The van der Waals surface area contributed by atoms with Gasteiger partial charge in [-0.3, -0.25) is 25.8 Å². The van der Waals surface area contributed by atoms with Gasteiger partial charge in [0.25, 0.3) is 11.8 Å². The normalized spacial score (nSPS) is 10.5. The Labute approximate surface area is 206 Å². The van der Waals surface area contributed by atoms with Gasteiger partial charge in [-0.25, -0.2) is 0 Å². The molecule has 0 aromatic heterocycles. The van der Waals surface area contributed by atoms with E-state index in [4.69, 9.17) is 33.3 Å². The van der Waals surface area contributed by atoms with Gasteiger partial charge in [0.15, 0.2) is 18.3 Å². The molecule has 2 aromatic rings. The molecule has 10 heteroatoms.